The van der Waals surface area contributed by atoms with E-state index in [4.69, 9.17) is 19.7 Å². The maximum atomic E-state index is 13.0. The number of halogens is 1. The second-order valence-corrected chi connectivity index (χ2v) is 5.29. The van der Waals surface area contributed by atoms with E-state index < -0.39 is 17.7 Å². The van der Waals surface area contributed by atoms with Crippen molar-refractivity contribution in [3.63, 3.8) is 0 Å². The van der Waals surface area contributed by atoms with Gasteiger partial charge in [-0.3, -0.25) is 0 Å². The summed E-state index contributed by atoms with van der Waals surface area (Å²) in [4.78, 5) is 0. The van der Waals surface area contributed by atoms with Crippen molar-refractivity contribution in [1.82, 2.24) is 0 Å². The predicted octanol–water partition coefficient (Wildman–Crippen LogP) is 1.20. The van der Waals surface area contributed by atoms with Crippen LogP contribution in [0.2, 0.25) is 0 Å². The summed E-state index contributed by atoms with van der Waals surface area (Å²) in [5, 5.41) is 25.4. The summed E-state index contributed by atoms with van der Waals surface area (Å²) in [5.41, 5.74) is 0. The molecule has 0 bridgehead atoms. The van der Waals surface area contributed by atoms with Crippen LogP contribution in [0.5, 0.6) is 0 Å². The quantitative estimate of drug-likeness (QED) is 0.669. The first-order valence-corrected chi connectivity index (χ1v) is 6.06. The number of rotatable bonds is 4. The normalized spacial score (nSPS) is 24.7. The lowest BCUT2D eigenvalue weighted by molar-refractivity contribution is -0.180. The Hall–Kier alpha value is -0.270. The highest BCUT2D eigenvalue weighted by Crippen LogP contribution is 2.20. The van der Waals surface area contributed by atoms with Gasteiger partial charge in [0.1, 0.15) is 6.17 Å². The van der Waals surface area contributed by atoms with Gasteiger partial charge in [0, 0.05) is 14.5 Å². The first kappa shape index (κ1) is 17.7. The third-order valence-electron chi connectivity index (χ3n) is 1.99. The average Bonchev–Trinajstić information content (AvgIpc) is 2.46. The molecule has 0 aromatic rings. The Morgan fingerprint density at radius 2 is 1.78 bits per heavy atom. The van der Waals surface area contributed by atoms with E-state index in [1.807, 2.05) is 0 Å². The Morgan fingerprint density at radius 1 is 1.28 bits per heavy atom. The summed E-state index contributed by atoms with van der Waals surface area (Å²) in [5.74, 6) is -2.63. The van der Waals surface area contributed by atoms with Crippen LogP contribution in [0.3, 0.4) is 0 Å². The van der Waals surface area contributed by atoms with E-state index in [0.717, 1.165) is 0 Å². The highest BCUT2D eigenvalue weighted by Gasteiger charge is 2.28. The van der Waals surface area contributed by atoms with Gasteiger partial charge in [-0.2, -0.15) is 0 Å². The van der Waals surface area contributed by atoms with Crippen molar-refractivity contribution in [3.8, 4) is 0 Å². The summed E-state index contributed by atoms with van der Waals surface area (Å²) in [6.07, 6.45) is -0.231. The molecule has 2 atom stereocenters. The molecule has 5 nitrogen and oxygen atoms in total. The molecule has 0 amide bonds. The smallest absolute Gasteiger partial charge is 0.159 e. The van der Waals surface area contributed by atoms with Gasteiger partial charge in [0.05, 0.1) is 12.7 Å². The van der Waals surface area contributed by atoms with Gasteiger partial charge < -0.3 is 24.8 Å². The van der Waals surface area contributed by atoms with Crippen molar-refractivity contribution in [2.45, 2.75) is 64.4 Å². The Labute approximate surface area is 109 Å². The van der Waals surface area contributed by atoms with Crippen LogP contribution in [-0.2, 0) is 9.47 Å². The topological polar surface area (TPSA) is 79.2 Å². The molecule has 3 N–H and O–H groups in total. The minimum atomic E-state index is -1.50. The second kappa shape index (κ2) is 7.35. The van der Waals surface area contributed by atoms with Gasteiger partial charge in [-0.15, -0.1) is 0 Å². The number of hydrogen-bond acceptors (Lipinski definition) is 5. The Balaban J connectivity index is 0. The molecule has 6 heteroatoms. The van der Waals surface area contributed by atoms with Crippen LogP contribution in [0.1, 0.15) is 42.0 Å². The van der Waals surface area contributed by atoms with E-state index in [2.05, 4.69) is 0 Å². The van der Waals surface area contributed by atoms with Crippen LogP contribution in [-0.4, -0.2) is 52.4 Å². The van der Waals surface area contributed by atoms with E-state index in [1.54, 1.807) is 13.8 Å². The fraction of sp³-hybridized carbons (Fsp3) is 1.00. The zero-order valence-corrected chi connectivity index (χ0v) is 11.5. The first-order valence-electron chi connectivity index (χ1n) is 6.06. The lowest BCUT2D eigenvalue weighted by Gasteiger charge is -2.19. The number of hydrogen-bond donors (Lipinski definition) is 3. The molecule has 112 valence electrons. The van der Waals surface area contributed by atoms with Crippen LogP contribution in [0.15, 0.2) is 0 Å². The van der Waals surface area contributed by atoms with Crippen LogP contribution in [0, 0.1) is 0 Å². The molecule has 1 unspecified atom stereocenters. The van der Waals surface area contributed by atoms with Gasteiger partial charge in [-0.05, 0) is 34.1 Å². The highest BCUT2D eigenvalue weighted by atomic mass is 19.1. The van der Waals surface area contributed by atoms with Gasteiger partial charge in [-0.25, -0.2) is 4.39 Å². The molecule has 1 heterocycles. The highest BCUT2D eigenvalue weighted by molar-refractivity contribution is 4.75. The summed E-state index contributed by atoms with van der Waals surface area (Å²) in [6.45, 7) is 6.52. The average molecular weight is 270 g/mol. The fourth-order valence-corrected chi connectivity index (χ4v) is 1.31. The Bertz CT molecular complexity index is 221. The monoisotopic (exact) mass is 270 g/mol. The zero-order chi connectivity index (χ0) is 14.4. The molecule has 1 rings (SSSR count). The van der Waals surface area contributed by atoms with Crippen molar-refractivity contribution in [2.75, 3.05) is 13.2 Å². The minimum Gasteiger partial charge on any atom is -0.375 e. The van der Waals surface area contributed by atoms with Crippen LogP contribution < -0.4 is 0 Å². The molecule has 0 aromatic carbocycles. The van der Waals surface area contributed by atoms with Crippen molar-refractivity contribution >= 4 is 0 Å². The predicted molar refractivity (Wildman–Crippen MR) is 66.8 cm³/mol. The third kappa shape index (κ3) is 12.2. The zero-order valence-electron chi connectivity index (χ0n) is 11.5. The molecular formula is C12H27FO5. The minimum absolute atomic E-state index is 0. The maximum Gasteiger partial charge on any atom is 0.159 e. The molecule has 1 fully saturated rings. The van der Waals surface area contributed by atoms with Crippen molar-refractivity contribution < 1.29 is 30.6 Å². The van der Waals surface area contributed by atoms with E-state index in [-0.39, 0.29) is 7.53 Å². The number of ether oxygens (including phenoxy) is 2. The second-order valence-electron chi connectivity index (χ2n) is 5.29. The Morgan fingerprint density at radius 3 is 2.11 bits per heavy atom. The summed E-state index contributed by atoms with van der Waals surface area (Å²) in [7, 11) is 0. The summed E-state index contributed by atoms with van der Waals surface area (Å²) >= 11 is 0. The van der Waals surface area contributed by atoms with Crippen LogP contribution >= 0.6 is 0 Å². The lowest BCUT2D eigenvalue weighted by atomic mass is 10.1. The molecular weight excluding hydrogens is 243 g/mol. The largest absolute Gasteiger partial charge is 0.375 e. The number of aliphatic hydroxyl groups is 3. The van der Waals surface area contributed by atoms with Crippen LogP contribution in [0.25, 0.3) is 0 Å². The van der Waals surface area contributed by atoms with Gasteiger partial charge in [0.15, 0.2) is 11.6 Å². The molecule has 0 spiro atoms. The molecule has 0 aliphatic carbocycles. The fourth-order valence-electron chi connectivity index (χ4n) is 1.31. The van der Waals surface area contributed by atoms with E-state index in [1.165, 1.54) is 13.8 Å². The van der Waals surface area contributed by atoms with Crippen LogP contribution in [0.4, 0.5) is 4.39 Å². The van der Waals surface area contributed by atoms with Gasteiger partial charge >= 0.3 is 0 Å². The maximum absolute atomic E-state index is 13.0. The molecule has 0 radical (unpaired) electrons. The summed E-state index contributed by atoms with van der Waals surface area (Å²) in [6, 6.07) is 0. The summed E-state index contributed by atoms with van der Waals surface area (Å²) < 4.78 is 23.2. The first-order chi connectivity index (χ1) is 7.99. The molecule has 0 aromatic heterocycles. The van der Waals surface area contributed by atoms with Crippen molar-refractivity contribution in [2.24, 2.45) is 0 Å². The Kier molecular flexibility index (Phi) is 7.24. The molecule has 1 aliphatic heterocycles. The standard InChI is InChI=1S/C9H17FO3.C3H8O2.H2/c1-9(2,11)13-6-4-8-7(10)3-5-12-8;1-3(2,4)5;/h7-8,11H,3-6H2,1-2H3;4-5H,1-2H3;1H/t7-,8?;;/m1../s1. The van der Waals surface area contributed by atoms with Crippen molar-refractivity contribution in [3.05, 3.63) is 0 Å². The SMILES string of the molecule is CC(C)(O)O.CC(C)(O)OCCC1OCC[C@H]1F.[HH]. The van der Waals surface area contributed by atoms with Gasteiger partial charge in [0.25, 0.3) is 0 Å². The molecule has 1 aliphatic rings. The van der Waals surface area contributed by atoms with E-state index in [9.17, 15) is 9.50 Å². The molecule has 1 saturated heterocycles. The number of alkyl halides is 1. The van der Waals surface area contributed by atoms with E-state index >= 15 is 0 Å². The third-order valence-corrected chi connectivity index (χ3v) is 1.99. The molecule has 18 heavy (non-hydrogen) atoms. The van der Waals surface area contributed by atoms with Crippen molar-refractivity contribution in [1.29, 1.82) is 0 Å². The lowest BCUT2D eigenvalue weighted by Crippen LogP contribution is -2.27. The van der Waals surface area contributed by atoms with Gasteiger partial charge in [0.2, 0.25) is 0 Å². The molecule has 0 saturated carbocycles. The van der Waals surface area contributed by atoms with E-state index in [0.29, 0.717) is 26.1 Å². The van der Waals surface area contributed by atoms with Gasteiger partial charge in [-0.1, -0.05) is 0 Å².